The van der Waals surface area contributed by atoms with Gasteiger partial charge in [-0.05, 0) is 45.1 Å². The van der Waals surface area contributed by atoms with E-state index >= 15 is 0 Å². The minimum absolute atomic E-state index is 0.148. The van der Waals surface area contributed by atoms with E-state index in [2.05, 4.69) is 10.2 Å². The molecule has 4 nitrogen and oxygen atoms in total. The van der Waals surface area contributed by atoms with E-state index in [9.17, 15) is 4.79 Å². The average Bonchev–Trinajstić information content (AvgIpc) is 3.06. The van der Waals surface area contributed by atoms with Crippen LogP contribution in [-0.4, -0.2) is 42.5 Å². The van der Waals surface area contributed by atoms with E-state index in [1.807, 2.05) is 6.92 Å². The van der Waals surface area contributed by atoms with Gasteiger partial charge in [-0.15, -0.1) is 0 Å². The predicted octanol–water partition coefficient (Wildman–Crippen LogP) is 1.49. The van der Waals surface area contributed by atoms with Crippen molar-refractivity contribution in [1.29, 1.82) is 0 Å². The minimum Gasteiger partial charge on any atom is -0.356 e. The molecule has 3 N–H and O–H groups in total. The molecule has 19 heavy (non-hydrogen) atoms. The fraction of sp³-hybridized carbons (Fsp3) is 0.933. The maximum atomic E-state index is 11.8. The summed E-state index contributed by atoms with van der Waals surface area (Å²) in [5, 5.41) is 2.90. The topological polar surface area (TPSA) is 58.4 Å². The highest BCUT2D eigenvalue weighted by molar-refractivity contribution is 5.76. The Labute approximate surface area is 117 Å². The number of nitrogens with zero attached hydrogens (tertiary/aromatic N) is 1. The first-order chi connectivity index (χ1) is 9.26. The van der Waals surface area contributed by atoms with Crippen LogP contribution >= 0.6 is 0 Å². The van der Waals surface area contributed by atoms with Crippen molar-refractivity contribution in [3.05, 3.63) is 0 Å². The molecule has 1 saturated heterocycles. The van der Waals surface area contributed by atoms with Crippen molar-refractivity contribution in [1.82, 2.24) is 10.2 Å². The van der Waals surface area contributed by atoms with Crippen LogP contribution in [0.25, 0.3) is 0 Å². The molecule has 0 aromatic carbocycles. The summed E-state index contributed by atoms with van der Waals surface area (Å²) in [4.78, 5) is 14.4. The third-order valence-electron chi connectivity index (χ3n) is 4.82. The standard InChI is InChI=1S/C15H29N3O/c1-2-17-15(19)10-13(11-16)18-9-5-8-14(18)12-6-3-4-7-12/h12-14H,2-11,16H2,1H3,(H,17,19). The number of hydrogen-bond acceptors (Lipinski definition) is 3. The zero-order chi connectivity index (χ0) is 13.7. The predicted molar refractivity (Wildman–Crippen MR) is 77.8 cm³/mol. The minimum atomic E-state index is 0.148. The molecular formula is C15H29N3O. The maximum Gasteiger partial charge on any atom is 0.221 e. The SMILES string of the molecule is CCNC(=O)CC(CN)N1CCCC1C1CCCC1. The molecule has 2 unspecified atom stereocenters. The largest absolute Gasteiger partial charge is 0.356 e. The normalized spacial score (nSPS) is 26.7. The highest BCUT2D eigenvalue weighted by atomic mass is 16.1. The summed E-state index contributed by atoms with van der Waals surface area (Å²) in [7, 11) is 0. The van der Waals surface area contributed by atoms with Gasteiger partial charge in [0.25, 0.3) is 0 Å². The van der Waals surface area contributed by atoms with Crippen LogP contribution in [0.1, 0.15) is 51.9 Å². The first kappa shape index (κ1) is 14.8. The molecule has 2 fully saturated rings. The van der Waals surface area contributed by atoms with Gasteiger partial charge in [0, 0.05) is 31.6 Å². The maximum absolute atomic E-state index is 11.8. The Morgan fingerprint density at radius 2 is 2.05 bits per heavy atom. The molecule has 0 spiro atoms. The molecule has 110 valence electrons. The number of carbonyl (C=O) groups is 1. The van der Waals surface area contributed by atoms with Gasteiger partial charge in [-0.2, -0.15) is 0 Å². The lowest BCUT2D eigenvalue weighted by molar-refractivity contribution is -0.122. The second-order valence-electron chi connectivity index (χ2n) is 6.04. The first-order valence-electron chi connectivity index (χ1n) is 7.98. The van der Waals surface area contributed by atoms with Crippen LogP contribution < -0.4 is 11.1 Å². The van der Waals surface area contributed by atoms with Gasteiger partial charge in [-0.25, -0.2) is 0 Å². The van der Waals surface area contributed by atoms with Gasteiger partial charge in [0.05, 0.1) is 0 Å². The van der Waals surface area contributed by atoms with Crippen LogP contribution in [-0.2, 0) is 4.79 Å². The highest BCUT2D eigenvalue weighted by Crippen LogP contribution is 2.36. The van der Waals surface area contributed by atoms with Gasteiger partial charge in [0.15, 0.2) is 0 Å². The van der Waals surface area contributed by atoms with Gasteiger partial charge in [-0.3, -0.25) is 9.69 Å². The molecular weight excluding hydrogens is 238 g/mol. The number of rotatable bonds is 6. The zero-order valence-electron chi connectivity index (χ0n) is 12.2. The molecule has 1 aliphatic carbocycles. The lowest BCUT2D eigenvalue weighted by Gasteiger charge is -2.35. The average molecular weight is 267 g/mol. The van der Waals surface area contributed by atoms with Crippen molar-refractivity contribution >= 4 is 5.91 Å². The van der Waals surface area contributed by atoms with E-state index in [0.717, 1.165) is 12.5 Å². The van der Waals surface area contributed by atoms with Crippen molar-refractivity contribution in [2.75, 3.05) is 19.6 Å². The van der Waals surface area contributed by atoms with Crippen molar-refractivity contribution in [3.8, 4) is 0 Å². The van der Waals surface area contributed by atoms with Crippen molar-refractivity contribution in [2.24, 2.45) is 11.7 Å². The number of carbonyl (C=O) groups excluding carboxylic acids is 1. The number of nitrogens with two attached hydrogens (primary N) is 1. The van der Waals surface area contributed by atoms with Crippen molar-refractivity contribution < 1.29 is 4.79 Å². The van der Waals surface area contributed by atoms with Gasteiger partial charge in [0.1, 0.15) is 0 Å². The van der Waals surface area contributed by atoms with Crippen LogP contribution in [0, 0.1) is 5.92 Å². The van der Waals surface area contributed by atoms with Crippen LogP contribution in [0.3, 0.4) is 0 Å². The lowest BCUT2D eigenvalue weighted by atomic mass is 9.94. The first-order valence-corrected chi connectivity index (χ1v) is 7.98. The molecule has 4 heteroatoms. The van der Waals surface area contributed by atoms with Gasteiger partial charge in [-0.1, -0.05) is 12.8 Å². The molecule has 0 aromatic rings. The van der Waals surface area contributed by atoms with Crippen molar-refractivity contribution in [3.63, 3.8) is 0 Å². The second kappa shape index (κ2) is 7.25. The van der Waals surface area contributed by atoms with Crippen LogP contribution in [0.5, 0.6) is 0 Å². The molecule has 2 aliphatic rings. The smallest absolute Gasteiger partial charge is 0.221 e. The Morgan fingerprint density at radius 1 is 1.32 bits per heavy atom. The Kier molecular flexibility index (Phi) is 5.64. The zero-order valence-corrected chi connectivity index (χ0v) is 12.2. The second-order valence-corrected chi connectivity index (χ2v) is 6.04. The molecule has 0 radical (unpaired) electrons. The summed E-state index contributed by atoms with van der Waals surface area (Å²) in [6, 6.07) is 0.921. The molecule has 1 aliphatic heterocycles. The summed E-state index contributed by atoms with van der Waals surface area (Å²) in [6.07, 6.45) is 8.66. The Morgan fingerprint density at radius 3 is 2.68 bits per heavy atom. The molecule has 0 bridgehead atoms. The third-order valence-corrected chi connectivity index (χ3v) is 4.82. The summed E-state index contributed by atoms with van der Waals surface area (Å²) < 4.78 is 0. The lowest BCUT2D eigenvalue weighted by Crippen LogP contribution is -2.48. The van der Waals surface area contributed by atoms with E-state index in [1.165, 1.54) is 38.5 Å². The molecule has 0 aromatic heterocycles. The summed E-state index contributed by atoms with van der Waals surface area (Å²) >= 11 is 0. The summed E-state index contributed by atoms with van der Waals surface area (Å²) in [5.74, 6) is 1.00. The fourth-order valence-corrected chi connectivity index (χ4v) is 3.94. The third kappa shape index (κ3) is 3.69. The van der Waals surface area contributed by atoms with Gasteiger partial charge < -0.3 is 11.1 Å². The molecule has 1 amide bonds. The molecule has 2 rings (SSSR count). The number of amides is 1. The van der Waals surface area contributed by atoms with E-state index in [4.69, 9.17) is 5.73 Å². The van der Waals surface area contributed by atoms with Crippen molar-refractivity contribution in [2.45, 2.75) is 64.0 Å². The fourth-order valence-electron chi connectivity index (χ4n) is 3.94. The quantitative estimate of drug-likeness (QED) is 0.766. The number of nitrogens with one attached hydrogen (secondary N) is 1. The highest BCUT2D eigenvalue weighted by Gasteiger charge is 2.36. The Balaban J connectivity index is 1.93. The van der Waals surface area contributed by atoms with Gasteiger partial charge in [0.2, 0.25) is 5.91 Å². The number of hydrogen-bond donors (Lipinski definition) is 2. The van der Waals surface area contributed by atoms with Crippen LogP contribution in [0.4, 0.5) is 0 Å². The van der Waals surface area contributed by atoms with Gasteiger partial charge >= 0.3 is 0 Å². The van der Waals surface area contributed by atoms with Crippen LogP contribution in [0.2, 0.25) is 0 Å². The summed E-state index contributed by atoms with van der Waals surface area (Å²) in [5.41, 5.74) is 5.94. The number of likely N-dealkylation sites (tertiary alicyclic amines) is 1. The Hall–Kier alpha value is -0.610. The van der Waals surface area contributed by atoms with E-state index in [-0.39, 0.29) is 11.9 Å². The molecule has 1 saturated carbocycles. The monoisotopic (exact) mass is 267 g/mol. The molecule has 2 atom stereocenters. The van der Waals surface area contributed by atoms with E-state index < -0.39 is 0 Å². The van der Waals surface area contributed by atoms with E-state index in [1.54, 1.807) is 0 Å². The molecule has 1 heterocycles. The van der Waals surface area contributed by atoms with E-state index in [0.29, 0.717) is 25.6 Å². The van der Waals surface area contributed by atoms with Crippen LogP contribution in [0.15, 0.2) is 0 Å². The summed E-state index contributed by atoms with van der Waals surface area (Å²) in [6.45, 7) is 4.40. The Bertz CT molecular complexity index is 289.